The Morgan fingerprint density at radius 2 is 1.78 bits per heavy atom. The summed E-state index contributed by atoms with van der Waals surface area (Å²) in [5.41, 5.74) is 5.04. The van der Waals surface area contributed by atoms with Crippen molar-refractivity contribution in [3.63, 3.8) is 0 Å². The third-order valence-electron chi connectivity index (χ3n) is 4.50. The molecule has 27 heavy (non-hydrogen) atoms. The lowest BCUT2D eigenvalue weighted by Gasteiger charge is -2.13. The number of aromatic nitrogens is 2. The minimum absolute atomic E-state index is 0.178. The van der Waals surface area contributed by atoms with Gasteiger partial charge in [-0.25, -0.2) is 0 Å². The molecule has 0 aliphatic rings. The number of halogens is 1. The second-order valence-electron chi connectivity index (χ2n) is 6.20. The van der Waals surface area contributed by atoms with E-state index >= 15 is 0 Å². The molecule has 0 saturated carbocycles. The Balaban J connectivity index is 1.74. The van der Waals surface area contributed by atoms with Gasteiger partial charge in [0, 0.05) is 39.7 Å². The molecule has 5 heteroatoms. The fraction of sp³-hybridized carbons (Fsp3) is 0.0455. The molecule has 4 nitrogen and oxygen atoms in total. The molecule has 4 rings (SSSR count). The summed E-state index contributed by atoms with van der Waals surface area (Å²) < 4.78 is 0.963. The van der Waals surface area contributed by atoms with Crippen LogP contribution in [0.3, 0.4) is 0 Å². The summed E-state index contributed by atoms with van der Waals surface area (Å²) in [5.74, 6) is -0.178. The molecule has 0 atom stereocenters. The van der Waals surface area contributed by atoms with Crippen LogP contribution in [-0.4, -0.2) is 15.9 Å². The number of nitrogens with one attached hydrogen (secondary N) is 1. The van der Waals surface area contributed by atoms with Crippen molar-refractivity contribution in [3.05, 3.63) is 88.8 Å². The molecule has 2 heterocycles. The Morgan fingerprint density at radius 3 is 2.59 bits per heavy atom. The lowest BCUT2D eigenvalue weighted by Crippen LogP contribution is -2.14. The third kappa shape index (κ3) is 3.46. The van der Waals surface area contributed by atoms with Gasteiger partial charge < -0.3 is 5.32 Å². The zero-order valence-corrected chi connectivity index (χ0v) is 16.2. The Kier molecular flexibility index (Phi) is 4.69. The molecule has 1 N–H and O–H groups in total. The second-order valence-corrected chi connectivity index (χ2v) is 7.11. The van der Waals surface area contributed by atoms with Gasteiger partial charge in [-0.2, -0.15) is 0 Å². The van der Waals surface area contributed by atoms with Crippen molar-refractivity contribution >= 4 is 38.4 Å². The SMILES string of the molecule is Cc1c(C(=O)Nc2ccc(Br)cc2)cncc1-c1cccc2ncccc12. The van der Waals surface area contributed by atoms with Crippen molar-refractivity contribution in [2.75, 3.05) is 5.32 Å². The van der Waals surface area contributed by atoms with Crippen LogP contribution in [-0.2, 0) is 0 Å². The highest BCUT2D eigenvalue weighted by Crippen LogP contribution is 2.31. The van der Waals surface area contributed by atoms with Crippen molar-refractivity contribution < 1.29 is 4.79 Å². The maximum atomic E-state index is 12.8. The predicted molar refractivity (Wildman–Crippen MR) is 112 cm³/mol. The molecule has 0 aliphatic heterocycles. The number of carbonyl (C=O) groups is 1. The average molecular weight is 418 g/mol. The highest BCUT2D eigenvalue weighted by Gasteiger charge is 2.15. The predicted octanol–water partition coefficient (Wildman–Crippen LogP) is 5.62. The van der Waals surface area contributed by atoms with E-state index in [9.17, 15) is 4.79 Å². The van der Waals surface area contributed by atoms with Crippen molar-refractivity contribution in [2.45, 2.75) is 6.92 Å². The number of amides is 1. The first-order valence-electron chi connectivity index (χ1n) is 8.49. The number of nitrogens with zero attached hydrogens (tertiary/aromatic N) is 2. The van der Waals surface area contributed by atoms with Crippen LogP contribution >= 0.6 is 15.9 Å². The van der Waals surface area contributed by atoms with E-state index in [-0.39, 0.29) is 5.91 Å². The van der Waals surface area contributed by atoms with Crippen LogP contribution in [0.5, 0.6) is 0 Å². The number of hydrogen-bond acceptors (Lipinski definition) is 3. The van der Waals surface area contributed by atoms with Gasteiger partial charge in [0.15, 0.2) is 0 Å². The first kappa shape index (κ1) is 17.4. The van der Waals surface area contributed by atoms with E-state index in [1.165, 1.54) is 0 Å². The van der Waals surface area contributed by atoms with Crippen LogP contribution in [0.25, 0.3) is 22.0 Å². The van der Waals surface area contributed by atoms with E-state index < -0.39 is 0 Å². The number of benzene rings is 2. The molecule has 0 aliphatic carbocycles. The van der Waals surface area contributed by atoms with E-state index in [4.69, 9.17) is 0 Å². The number of hydrogen-bond donors (Lipinski definition) is 1. The Bertz CT molecular complexity index is 1130. The summed E-state index contributed by atoms with van der Waals surface area (Å²) in [6.07, 6.45) is 5.18. The smallest absolute Gasteiger partial charge is 0.257 e. The summed E-state index contributed by atoms with van der Waals surface area (Å²) >= 11 is 3.40. The third-order valence-corrected chi connectivity index (χ3v) is 5.03. The van der Waals surface area contributed by atoms with Gasteiger partial charge in [-0.3, -0.25) is 14.8 Å². The number of fused-ring (bicyclic) bond motifs is 1. The fourth-order valence-electron chi connectivity index (χ4n) is 3.10. The summed E-state index contributed by atoms with van der Waals surface area (Å²) in [6, 6.07) is 17.4. The lowest BCUT2D eigenvalue weighted by molar-refractivity contribution is 0.102. The fourth-order valence-corrected chi connectivity index (χ4v) is 3.36. The minimum atomic E-state index is -0.178. The molecule has 4 aromatic rings. The lowest BCUT2D eigenvalue weighted by atomic mass is 9.96. The average Bonchev–Trinajstić information content (AvgIpc) is 2.69. The first-order valence-corrected chi connectivity index (χ1v) is 9.28. The van der Waals surface area contributed by atoms with E-state index in [1.807, 2.05) is 61.5 Å². The van der Waals surface area contributed by atoms with E-state index in [0.29, 0.717) is 5.56 Å². The van der Waals surface area contributed by atoms with E-state index in [0.717, 1.165) is 37.8 Å². The van der Waals surface area contributed by atoms with E-state index in [1.54, 1.807) is 18.6 Å². The number of carbonyl (C=O) groups excluding carboxylic acids is 1. The van der Waals surface area contributed by atoms with Gasteiger partial charge in [0.1, 0.15) is 0 Å². The van der Waals surface area contributed by atoms with Gasteiger partial charge in [0.25, 0.3) is 5.91 Å². The zero-order chi connectivity index (χ0) is 18.8. The summed E-state index contributed by atoms with van der Waals surface area (Å²) in [6.45, 7) is 1.95. The maximum absolute atomic E-state index is 12.8. The summed E-state index contributed by atoms with van der Waals surface area (Å²) in [4.78, 5) is 21.5. The molecule has 2 aromatic carbocycles. The standard InChI is InChI=1S/C22H16BrN3O/c1-14-19(17-4-2-6-21-18(17)5-3-11-25-21)12-24-13-20(14)22(27)26-16-9-7-15(23)8-10-16/h2-13H,1H3,(H,26,27). The topological polar surface area (TPSA) is 54.9 Å². The van der Waals surface area contributed by atoms with Crippen LogP contribution in [0.1, 0.15) is 15.9 Å². The molecule has 0 radical (unpaired) electrons. The van der Waals surface area contributed by atoms with Crippen LogP contribution in [0.4, 0.5) is 5.69 Å². The van der Waals surface area contributed by atoms with Crippen molar-refractivity contribution in [2.24, 2.45) is 0 Å². The summed E-state index contributed by atoms with van der Waals surface area (Å²) in [5, 5.41) is 3.97. The molecule has 0 saturated heterocycles. The number of anilines is 1. The van der Waals surface area contributed by atoms with E-state index in [2.05, 4.69) is 31.2 Å². The molecule has 0 unspecified atom stereocenters. The van der Waals surface area contributed by atoms with Crippen LogP contribution < -0.4 is 5.32 Å². The summed E-state index contributed by atoms with van der Waals surface area (Å²) in [7, 11) is 0. The normalized spacial score (nSPS) is 10.7. The quantitative estimate of drug-likeness (QED) is 0.470. The van der Waals surface area contributed by atoms with Crippen molar-refractivity contribution in [3.8, 4) is 11.1 Å². The Morgan fingerprint density at radius 1 is 0.963 bits per heavy atom. The van der Waals surface area contributed by atoms with Gasteiger partial charge in [-0.1, -0.05) is 34.1 Å². The highest BCUT2D eigenvalue weighted by atomic mass is 79.9. The minimum Gasteiger partial charge on any atom is -0.322 e. The van der Waals surface area contributed by atoms with Crippen LogP contribution in [0.2, 0.25) is 0 Å². The molecular weight excluding hydrogens is 402 g/mol. The molecule has 132 valence electrons. The first-order chi connectivity index (χ1) is 13.1. The largest absolute Gasteiger partial charge is 0.322 e. The Labute approximate surface area is 165 Å². The van der Waals surface area contributed by atoms with Gasteiger partial charge in [-0.05, 0) is 54.4 Å². The van der Waals surface area contributed by atoms with Crippen molar-refractivity contribution in [1.82, 2.24) is 9.97 Å². The molecule has 0 bridgehead atoms. The Hall–Kier alpha value is -3.05. The number of rotatable bonds is 3. The highest BCUT2D eigenvalue weighted by molar-refractivity contribution is 9.10. The van der Waals surface area contributed by atoms with Gasteiger partial charge >= 0.3 is 0 Å². The molecule has 1 amide bonds. The molecule has 2 aromatic heterocycles. The van der Waals surface area contributed by atoms with Crippen molar-refractivity contribution in [1.29, 1.82) is 0 Å². The molecule has 0 spiro atoms. The van der Waals surface area contributed by atoms with Crippen LogP contribution in [0, 0.1) is 6.92 Å². The van der Waals surface area contributed by atoms with Crippen LogP contribution in [0.15, 0.2) is 77.7 Å². The second kappa shape index (κ2) is 7.29. The van der Waals surface area contributed by atoms with Gasteiger partial charge in [-0.15, -0.1) is 0 Å². The van der Waals surface area contributed by atoms with Gasteiger partial charge in [0.2, 0.25) is 0 Å². The molecule has 0 fully saturated rings. The maximum Gasteiger partial charge on any atom is 0.257 e. The zero-order valence-electron chi connectivity index (χ0n) is 14.6. The molecular formula is C22H16BrN3O. The number of pyridine rings is 2. The monoisotopic (exact) mass is 417 g/mol. The van der Waals surface area contributed by atoms with Gasteiger partial charge in [0.05, 0.1) is 11.1 Å².